The summed E-state index contributed by atoms with van der Waals surface area (Å²) in [5.41, 5.74) is 0. The molecule has 2 aromatic rings. The van der Waals surface area contributed by atoms with E-state index in [1.54, 1.807) is 11.3 Å². The van der Waals surface area contributed by atoms with Crippen LogP contribution in [-0.4, -0.2) is 63.8 Å². The Labute approximate surface area is 125 Å². The van der Waals surface area contributed by atoms with Gasteiger partial charge in [-0.25, -0.2) is 0 Å². The molecular weight excluding hydrogens is 292 g/mol. The molecule has 0 spiro atoms. The SMILES string of the molecule is O=C(O)CN1CCN(Cc2nnc(-c3cccs3)o2)CC1. The molecule has 112 valence electrons. The van der Waals surface area contributed by atoms with E-state index in [9.17, 15) is 4.79 Å². The van der Waals surface area contributed by atoms with Crippen molar-refractivity contribution in [3.05, 3.63) is 23.4 Å². The molecule has 3 heterocycles. The van der Waals surface area contributed by atoms with Crippen LogP contribution in [0.3, 0.4) is 0 Å². The van der Waals surface area contributed by atoms with Crippen LogP contribution < -0.4 is 0 Å². The van der Waals surface area contributed by atoms with Gasteiger partial charge in [-0.1, -0.05) is 6.07 Å². The van der Waals surface area contributed by atoms with Gasteiger partial charge in [0, 0.05) is 26.2 Å². The summed E-state index contributed by atoms with van der Waals surface area (Å²) in [6.07, 6.45) is 0. The number of carboxylic acids is 1. The molecule has 0 atom stereocenters. The first-order valence-electron chi connectivity index (χ1n) is 6.73. The minimum Gasteiger partial charge on any atom is -0.480 e. The molecule has 0 aromatic carbocycles. The lowest BCUT2D eigenvalue weighted by Gasteiger charge is -2.32. The monoisotopic (exact) mass is 308 g/mol. The van der Waals surface area contributed by atoms with Crippen molar-refractivity contribution >= 4 is 17.3 Å². The number of aliphatic carboxylic acids is 1. The number of rotatable bonds is 5. The van der Waals surface area contributed by atoms with Gasteiger partial charge in [-0.3, -0.25) is 14.6 Å². The first-order chi connectivity index (χ1) is 10.2. The zero-order chi connectivity index (χ0) is 14.7. The largest absolute Gasteiger partial charge is 0.480 e. The smallest absolute Gasteiger partial charge is 0.317 e. The molecule has 0 bridgehead atoms. The summed E-state index contributed by atoms with van der Waals surface area (Å²) in [4.78, 5) is 15.8. The van der Waals surface area contributed by atoms with Crippen molar-refractivity contribution in [1.29, 1.82) is 0 Å². The lowest BCUT2D eigenvalue weighted by Crippen LogP contribution is -2.47. The molecule has 21 heavy (non-hydrogen) atoms. The van der Waals surface area contributed by atoms with Crippen molar-refractivity contribution in [2.24, 2.45) is 0 Å². The van der Waals surface area contributed by atoms with E-state index in [1.165, 1.54) is 0 Å². The number of carboxylic acid groups (broad SMARTS) is 1. The number of thiophene rings is 1. The van der Waals surface area contributed by atoms with Gasteiger partial charge in [-0.15, -0.1) is 21.5 Å². The Morgan fingerprint density at radius 3 is 2.71 bits per heavy atom. The summed E-state index contributed by atoms with van der Waals surface area (Å²) < 4.78 is 5.66. The lowest BCUT2D eigenvalue weighted by atomic mass is 10.3. The highest BCUT2D eigenvalue weighted by Gasteiger charge is 2.20. The maximum absolute atomic E-state index is 10.7. The first-order valence-corrected chi connectivity index (χ1v) is 7.61. The summed E-state index contributed by atoms with van der Waals surface area (Å²) in [6.45, 7) is 3.83. The van der Waals surface area contributed by atoms with Crippen LogP contribution in [0.4, 0.5) is 0 Å². The minimum atomic E-state index is -0.777. The van der Waals surface area contributed by atoms with Gasteiger partial charge in [-0.2, -0.15) is 0 Å². The van der Waals surface area contributed by atoms with E-state index in [4.69, 9.17) is 9.52 Å². The van der Waals surface area contributed by atoms with Crippen LogP contribution >= 0.6 is 11.3 Å². The molecule has 0 unspecified atom stereocenters. The fourth-order valence-electron chi connectivity index (χ4n) is 2.31. The van der Waals surface area contributed by atoms with Gasteiger partial charge in [0.1, 0.15) is 0 Å². The quantitative estimate of drug-likeness (QED) is 0.882. The van der Waals surface area contributed by atoms with E-state index in [0.29, 0.717) is 18.3 Å². The molecule has 1 aliphatic heterocycles. The van der Waals surface area contributed by atoms with E-state index in [1.807, 2.05) is 22.4 Å². The molecule has 0 saturated carbocycles. The van der Waals surface area contributed by atoms with Crippen molar-refractivity contribution in [2.45, 2.75) is 6.54 Å². The second kappa shape index (κ2) is 6.33. The van der Waals surface area contributed by atoms with Crippen LogP contribution in [0.15, 0.2) is 21.9 Å². The fraction of sp³-hybridized carbons (Fsp3) is 0.462. The molecule has 1 saturated heterocycles. The second-order valence-corrected chi connectivity index (χ2v) is 5.87. The summed E-state index contributed by atoms with van der Waals surface area (Å²) in [5, 5.41) is 18.9. The van der Waals surface area contributed by atoms with E-state index in [-0.39, 0.29) is 6.54 Å². The number of hydrogen-bond acceptors (Lipinski definition) is 7. The van der Waals surface area contributed by atoms with Crippen LogP contribution in [0.5, 0.6) is 0 Å². The predicted octanol–water partition coefficient (Wildman–Crippen LogP) is 1.00. The summed E-state index contributed by atoms with van der Waals surface area (Å²) >= 11 is 1.57. The Morgan fingerprint density at radius 1 is 1.29 bits per heavy atom. The number of aromatic nitrogens is 2. The highest BCUT2D eigenvalue weighted by atomic mass is 32.1. The van der Waals surface area contributed by atoms with Gasteiger partial charge in [0.05, 0.1) is 18.0 Å². The van der Waals surface area contributed by atoms with Gasteiger partial charge in [0.25, 0.3) is 5.89 Å². The van der Waals surface area contributed by atoms with Crippen molar-refractivity contribution in [3.8, 4) is 10.8 Å². The van der Waals surface area contributed by atoms with E-state index in [2.05, 4.69) is 15.1 Å². The van der Waals surface area contributed by atoms with E-state index >= 15 is 0 Å². The zero-order valence-corrected chi connectivity index (χ0v) is 12.3. The first kappa shape index (κ1) is 14.2. The maximum atomic E-state index is 10.7. The molecule has 0 amide bonds. The molecule has 2 aromatic heterocycles. The van der Waals surface area contributed by atoms with Gasteiger partial charge < -0.3 is 9.52 Å². The topological polar surface area (TPSA) is 82.7 Å². The van der Waals surface area contributed by atoms with E-state index in [0.717, 1.165) is 31.1 Å². The molecule has 8 heteroatoms. The van der Waals surface area contributed by atoms with Crippen molar-refractivity contribution in [3.63, 3.8) is 0 Å². The van der Waals surface area contributed by atoms with Gasteiger partial charge in [0.15, 0.2) is 0 Å². The predicted molar refractivity (Wildman–Crippen MR) is 77.0 cm³/mol. The average Bonchev–Trinajstić information content (AvgIpc) is 3.11. The lowest BCUT2D eigenvalue weighted by molar-refractivity contribution is -0.138. The molecule has 1 aliphatic rings. The highest BCUT2D eigenvalue weighted by Crippen LogP contribution is 2.23. The van der Waals surface area contributed by atoms with Gasteiger partial charge in [0.2, 0.25) is 5.89 Å². The molecule has 7 nitrogen and oxygen atoms in total. The molecular formula is C13H16N4O3S. The van der Waals surface area contributed by atoms with Crippen molar-refractivity contribution < 1.29 is 14.3 Å². The summed E-state index contributed by atoms with van der Waals surface area (Å²) in [6, 6.07) is 3.90. The van der Waals surface area contributed by atoms with Gasteiger partial charge >= 0.3 is 5.97 Å². The normalized spacial score (nSPS) is 17.1. The number of piperazine rings is 1. The molecule has 1 fully saturated rings. The molecule has 1 N–H and O–H groups in total. The van der Waals surface area contributed by atoms with Crippen molar-refractivity contribution in [2.75, 3.05) is 32.7 Å². The van der Waals surface area contributed by atoms with Crippen LogP contribution in [0.1, 0.15) is 5.89 Å². The maximum Gasteiger partial charge on any atom is 0.317 e. The van der Waals surface area contributed by atoms with Crippen LogP contribution in [0.25, 0.3) is 10.8 Å². The van der Waals surface area contributed by atoms with Crippen LogP contribution in [0, 0.1) is 0 Å². The molecule has 3 rings (SSSR count). The minimum absolute atomic E-state index is 0.108. The number of nitrogens with zero attached hydrogens (tertiary/aromatic N) is 4. The van der Waals surface area contributed by atoms with Crippen LogP contribution in [0.2, 0.25) is 0 Å². The summed E-state index contributed by atoms with van der Waals surface area (Å²) in [5.74, 6) is 0.385. The Bertz CT molecular complexity index is 590. The molecule has 0 aliphatic carbocycles. The average molecular weight is 308 g/mol. The Morgan fingerprint density at radius 2 is 2.05 bits per heavy atom. The highest BCUT2D eigenvalue weighted by molar-refractivity contribution is 7.13. The third kappa shape index (κ3) is 3.66. The van der Waals surface area contributed by atoms with E-state index < -0.39 is 5.97 Å². The van der Waals surface area contributed by atoms with Crippen LogP contribution in [-0.2, 0) is 11.3 Å². The van der Waals surface area contributed by atoms with Gasteiger partial charge in [-0.05, 0) is 11.4 Å². The molecule has 0 radical (unpaired) electrons. The Balaban J connectivity index is 1.53. The van der Waals surface area contributed by atoms with Crippen molar-refractivity contribution in [1.82, 2.24) is 20.0 Å². The third-order valence-corrected chi connectivity index (χ3v) is 4.24. The third-order valence-electron chi connectivity index (χ3n) is 3.38. The number of hydrogen-bond donors (Lipinski definition) is 1. The fourth-order valence-corrected chi connectivity index (χ4v) is 2.95. The number of carbonyl (C=O) groups is 1. The Hall–Kier alpha value is -1.77. The Kier molecular flexibility index (Phi) is 4.28. The second-order valence-electron chi connectivity index (χ2n) is 4.92. The standard InChI is InChI=1S/C13H16N4O3S/c18-12(19)9-17-5-3-16(4-6-17)8-11-14-15-13(20-11)10-2-1-7-21-10/h1-2,7H,3-6,8-9H2,(H,18,19). The zero-order valence-electron chi connectivity index (χ0n) is 11.4. The summed E-state index contributed by atoms with van der Waals surface area (Å²) in [7, 11) is 0.